The van der Waals surface area contributed by atoms with Crippen LogP contribution in [0, 0.1) is 5.92 Å². The number of hydrogen-bond donors (Lipinski definition) is 1. The van der Waals surface area contributed by atoms with Crippen LogP contribution in [0.25, 0.3) is 16.9 Å². The first-order valence-corrected chi connectivity index (χ1v) is 11.8. The van der Waals surface area contributed by atoms with Gasteiger partial charge in [-0.1, -0.05) is 60.0 Å². The van der Waals surface area contributed by atoms with E-state index in [4.69, 9.17) is 28.3 Å². The zero-order valence-corrected chi connectivity index (χ0v) is 20.1. The molecule has 2 amide bonds. The Hall–Kier alpha value is -2.83. The monoisotopic (exact) mass is 484 g/mol. The van der Waals surface area contributed by atoms with Crippen LogP contribution in [-0.4, -0.2) is 39.1 Å². The van der Waals surface area contributed by atoms with E-state index in [0.29, 0.717) is 27.2 Å². The predicted molar refractivity (Wildman–Crippen MR) is 132 cm³/mol. The van der Waals surface area contributed by atoms with Crippen molar-refractivity contribution in [2.24, 2.45) is 5.92 Å². The van der Waals surface area contributed by atoms with Crippen LogP contribution in [0.4, 0.5) is 5.82 Å². The molecule has 33 heavy (non-hydrogen) atoms. The summed E-state index contributed by atoms with van der Waals surface area (Å²) in [5.41, 5.74) is 2.27. The lowest BCUT2D eigenvalue weighted by Gasteiger charge is -2.33. The SMILES string of the molecule is CC(C)N(CC(=O)Nc1cc(-c2ccccc2)nn1-c1ccc(Cl)c(Cl)c1)C(=O)C1CCC1. The molecule has 0 saturated heterocycles. The van der Waals surface area contributed by atoms with Crippen molar-refractivity contribution in [1.29, 1.82) is 0 Å². The van der Waals surface area contributed by atoms with Crippen molar-refractivity contribution in [3.63, 3.8) is 0 Å². The smallest absolute Gasteiger partial charge is 0.245 e. The summed E-state index contributed by atoms with van der Waals surface area (Å²) in [6.07, 6.45) is 2.86. The number of rotatable bonds is 7. The highest BCUT2D eigenvalue weighted by Crippen LogP contribution is 2.30. The van der Waals surface area contributed by atoms with Crippen molar-refractivity contribution >= 4 is 40.8 Å². The maximum absolute atomic E-state index is 13.0. The molecule has 0 radical (unpaired) electrons. The van der Waals surface area contributed by atoms with Crippen LogP contribution in [0.2, 0.25) is 10.0 Å². The van der Waals surface area contributed by atoms with E-state index in [-0.39, 0.29) is 30.3 Å². The number of amides is 2. The summed E-state index contributed by atoms with van der Waals surface area (Å²) in [5, 5.41) is 8.46. The minimum Gasteiger partial charge on any atom is -0.331 e. The molecule has 1 aliphatic rings. The van der Waals surface area contributed by atoms with Crippen molar-refractivity contribution in [2.45, 2.75) is 39.2 Å². The molecule has 1 N–H and O–H groups in total. The van der Waals surface area contributed by atoms with Gasteiger partial charge in [-0.2, -0.15) is 5.10 Å². The molecular formula is C25H26Cl2N4O2. The Morgan fingerprint density at radius 2 is 1.82 bits per heavy atom. The lowest BCUT2D eigenvalue weighted by molar-refractivity contribution is -0.142. The van der Waals surface area contributed by atoms with E-state index < -0.39 is 0 Å². The molecule has 1 aromatic heterocycles. The zero-order chi connectivity index (χ0) is 23.5. The van der Waals surface area contributed by atoms with E-state index in [1.165, 1.54) is 0 Å². The van der Waals surface area contributed by atoms with Crippen molar-refractivity contribution in [2.75, 3.05) is 11.9 Å². The Morgan fingerprint density at radius 1 is 1.09 bits per heavy atom. The number of benzene rings is 2. The number of anilines is 1. The lowest BCUT2D eigenvalue weighted by atomic mass is 9.84. The van der Waals surface area contributed by atoms with Crippen molar-refractivity contribution < 1.29 is 9.59 Å². The van der Waals surface area contributed by atoms with Gasteiger partial charge in [0.25, 0.3) is 0 Å². The normalized spacial score (nSPS) is 13.6. The van der Waals surface area contributed by atoms with Gasteiger partial charge in [-0.05, 0) is 44.9 Å². The third-order valence-electron chi connectivity index (χ3n) is 5.87. The van der Waals surface area contributed by atoms with E-state index in [1.54, 1.807) is 27.8 Å². The van der Waals surface area contributed by atoms with Gasteiger partial charge in [0, 0.05) is 23.6 Å². The third kappa shape index (κ3) is 5.23. The number of nitrogens with one attached hydrogen (secondary N) is 1. The third-order valence-corrected chi connectivity index (χ3v) is 6.61. The summed E-state index contributed by atoms with van der Waals surface area (Å²) in [6, 6.07) is 16.6. The van der Waals surface area contributed by atoms with Crippen LogP contribution in [0.1, 0.15) is 33.1 Å². The number of nitrogens with zero attached hydrogens (tertiary/aromatic N) is 3. The van der Waals surface area contributed by atoms with Crippen LogP contribution < -0.4 is 5.32 Å². The predicted octanol–water partition coefficient (Wildman–Crippen LogP) is 5.82. The van der Waals surface area contributed by atoms with Crippen LogP contribution in [0.3, 0.4) is 0 Å². The molecule has 4 rings (SSSR count). The Kier molecular flexibility index (Phi) is 7.05. The molecule has 0 atom stereocenters. The molecule has 3 aromatic rings. The molecule has 1 fully saturated rings. The number of carbonyl (C=O) groups is 2. The zero-order valence-electron chi connectivity index (χ0n) is 18.6. The minimum atomic E-state index is -0.280. The fraction of sp³-hybridized carbons (Fsp3) is 0.320. The standard InChI is InChI=1S/C25H26Cl2N4O2/c1-16(2)30(25(33)18-9-6-10-18)15-24(32)28-23-14-22(17-7-4-3-5-8-17)29-31(23)19-11-12-20(26)21(27)13-19/h3-5,7-8,11-14,16,18H,6,9-10,15H2,1-2H3,(H,28,32). The molecule has 8 heteroatoms. The molecule has 1 saturated carbocycles. The fourth-order valence-electron chi connectivity index (χ4n) is 3.78. The van der Waals surface area contributed by atoms with Gasteiger partial charge in [0.15, 0.2) is 0 Å². The van der Waals surface area contributed by atoms with Gasteiger partial charge in [0.1, 0.15) is 12.4 Å². The van der Waals surface area contributed by atoms with Crippen molar-refractivity contribution in [3.05, 3.63) is 64.6 Å². The van der Waals surface area contributed by atoms with Gasteiger partial charge in [0.2, 0.25) is 11.8 Å². The maximum atomic E-state index is 13.0. The topological polar surface area (TPSA) is 67.2 Å². The average Bonchev–Trinajstić information content (AvgIpc) is 3.16. The Bertz CT molecular complexity index is 1160. The molecule has 172 valence electrons. The summed E-state index contributed by atoms with van der Waals surface area (Å²) < 4.78 is 1.62. The largest absolute Gasteiger partial charge is 0.331 e. The molecule has 1 aliphatic carbocycles. The van der Waals surface area contributed by atoms with Gasteiger partial charge in [-0.3, -0.25) is 9.59 Å². The maximum Gasteiger partial charge on any atom is 0.245 e. The van der Waals surface area contributed by atoms with E-state index in [9.17, 15) is 9.59 Å². The molecule has 0 aliphatic heterocycles. The Morgan fingerprint density at radius 3 is 2.42 bits per heavy atom. The second kappa shape index (κ2) is 9.98. The van der Waals surface area contributed by atoms with Gasteiger partial charge < -0.3 is 10.2 Å². The first-order valence-electron chi connectivity index (χ1n) is 11.0. The van der Waals surface area contributed by atoms with Gasteiger partial charge in [-0.25, -0.2) is 4.68 Å². The first kappa shape index (κ1) is 23.3. The van der Waals surface area contributed by atoms with Gasteiger partial charge >= 0.3 is 0 Å². The fourth-order valence-corrected chi connectivity index (χ4v) is 4.07. The van der Waals surface area contributed by atoms with Gasteiger partial charge in [0.05, 0.1) is 21.4 Å². The molecule has 0 spiro atoms. The summed E-state index contributed by atoms with van der Waals surface area (Å²) in [5.74, 6) is 0.287. The second-order valence-corrected chi connectivity index (χ2v) is 9.34. The highest BCUT2D eigenvalue weighted by Gasteiger charge is 2.31. The first-order chi connectivity index (χ1) is 15.8. The Labute approximate surface area is 203 Å². The number of carbonyl (C=O) groups excluding carboxylic acids is 2. The highest BCUT2D eigenvalue weighted by atomic mass is 35.5. The van der Waals surface area contributed by atoms with Crippen LogP contribution in [0.15, 0.2) is 54.6 Å². The number of hydrogen-bond acceptors (Lipinski definition) is 3. The number of aromatic nitrogens is 2. The second-order valence-electron chi connectivity index (χ2n) is 8.53. The summed E-state index contributed by atoms with van der Waals surface area (Å²) >= 11 is 12.3. The minimum absolute atomic E-state index is 0.0137. The van der Waals surface area contributed by atoms with E-state index >= 15 is 0 Å². The van der Waals surface area contributed by atoms with Gasteiger partial charge in [-0.15, -0.1) is 0 Å². The van der Waals surface area contributed by atoms with E-state index in [1.807, 2.05) is 50.2 Å². The molecule has 0 unspecified atom stereocenters. The lowest BCUT2D eigenvalue weighted by Crippen LogP contribution is -2.46. The van der Waals surface area contributed by atoms with Crippen LogP contribution >= 0.6 is 23.2 Å². The summed E-state index contributed by atoms with van der Waals surface area (Å²) in [7, 11) is 0. The van der Waals surface area contributed by atoms with Crippen LogP contribution in [0.5, 0.6) is 0 Å². The molecule has 0 bridgehead atoms. The summed E-state index contributed by atoms with van der Waals surface area (Å²) in [4.78, 5) is 27.5. The number of halogens is 2. The molecule has 2 aromatic carbocycles. The molecule has 6 nitrogen and oxygen atoms in total. The molecular weight excluding hydrogens is 459 g/mol. The highest BCUT2D eigenvalue weighted by molar-refractivity contribution is 6.42. The summed E-state index contributed by atoms with van der Waals surface area (Å²) in [6.45, 7) is 3.84. The van der Waals surface area contributed by atoms with E-state index in [2.05, 4.69) is 5.32 Å². The average molecular weight is 485 g/mol. The molecule has 1 heterocycles. The van der Waals surface area contributed by atoms with E-state index in [0.717, 1.165) is 24.8 Å². The van der Waals surface area contributed by atoms with Crippen molar-refractivity contribution in [3.8, 4) is 16.9 Å². The Balaban J connectivity index is 1.62. The van der Waals surface area contributed by atoms with Crippen molar-refractivity contribution in [1.82, 2.24) is 14.7 Å². The van der Waals surface area contributed by atoms with Crippen LogP contribution in [-0.2, 0) is 9.59 Å². The quantitative estimate of drug-likeness (QED) is 0.459.